The first-order chi connectivity index (χ1) is 18.3. The van der Waals surface area contributed by atoms with Crippen LogP contribution in [-0.4, -0.2) is 28.2 Å². The highest BCUT2D eigenvalue weighted by Crippen LogP contribution is 2.39. The highest BCUT2D eigenvalue weighted by molar-refractivity contribution is 6.13. The number of ether oxygens (including phenoxy) is 1. The topological polar surface area (TPSA) is 37.9 Å². The van der Waals surface area contributed by atoms with Gasteiger partial charge >= 0.3 is 0 Å². The SMILES string of the molecule is [C-]#[N+]c1cccc2c3ccc(Oc4cccc(N5C=CN(C)C5)c4)cc3n(-c3cc(C(C)(C)C)ccn3)c12. The van der Waals surface area contributed by atoms with Crippen LogP contribution in [0.3, 0.4) is 0 Å². The average molecular weight is 500 g/mol. The lowest BCUT2D eigenvalue weighted by atomic mass is 9.88. The Morgan fingerprint density at radius 2 is 1.71 bits per heavy atom. The molecule has 0 saturated heterocycles. The maximum Gasteiger partial charge on any atom is 0.211 e. The van der Waals surface area contributed by atoms with Crippen LogP contribution in [0.4, 0.5) is 11.4 Å². The second-order valence-corrected chi connectivity index (χ2v) is 10.7. The predicted octanol–water partition coefficient (Wildman–Crippen LogP) is 8.00. The van der Waals surface area contributed by atoms with Gasteiger partial charge in [-0.25, -0.2) is 9.83 Å². The van der Waals surface area contributed by atoms with E-state index in [9.17, 15) is 0 Å². The summed E-state index contributed by atoms with van der Waals surface area (Å²) in [4.78, 5) is 12.9. The number of hydrogen-bond donors (Lipinski definition) is 0. The van der Waals surface area contributed by atoms with Crippen molar-refractivity contribution >= 4 is 33.2 Å². The predicted molar refractivity (Wildman–Crippen MR) is 154 cm³/mol. The summed E-state index contributed by atoms with van der Waals surface area (Å²) < 4.78 is 8.48. The van der Waals surface area contributed by atoms with Gasteiger partial charge in [0.05, 0.1) is 24.3 Å². The summed E-state index contributed by atoms with van der Waals surface area (Å²) in [6, 6.07) is 24.3. The Morgan fingerprint density at radius 3 is 2.47 bits per heavy atom. The van der Waals surface area contributed by atoms with Crippen molar-refractivity contribution in [1.29, 1.82) is 0 Å². The molecular weight excluding hydrogens is 470 g/mol. The first kappa shape index (κ1) is 23.6. The largest absolute Gasteiger partial charge is 0.457 e. The van der Waals surface area contributed by atoms with Gasteiger partial charge in [0.1, 0.15) is 17.3 Å². The molecule has 3 aromatic carbocycles. The van der Waals surface area contributed by atoms with Crippen molar-refractivity contribution in [2.75, 3.05) is 18.6 Å². The second-order valence-electron chi connectivity index (χ2n) is 10.7. The van der Waals surface area contributed by atoms with Gasteiger partial charge in [0.2, 0.25) is 5.69 Å². The molecule has 0 unspecified atom stereocenters. The lowest BCUT2D eigenvalue weighted by Crippen LogP contribution is -2.21. The molecule has 0 fully saturated rings. The number of anilines is 1. The van der Waals surface area contributed by atoms with Crippen molar-refractivity contribution in [3.63, 3.8) is 0 Å². The Kier molecular flexibility index (Phi) is 5.57. The smallest absolute Gasteiger partial charge is 0.211 e. The van der Waals surface area contributed by atoms with Crippen LogP contribution in [0.15, 0.2) is 91.4 Å². The van der Waals surface area contributed by atoms with E-state index in [2.05, 4.69) is 95.8 Å². The first-order valence-electron chi connectivity index (χ1n) is 12.7. The van der Waals surface area contributed by atoms with Gasteiger partial charge in [0, 0.05) is 48.9 Å². The zero-order valence-corrected chi connectivity index (χ0v) is 22.0. The minimum absolute atomic E-state index is 0.0301. The fourth-order valence-corrected chi connectivity index (χ4v) is 4.99. The number of nitrogens with zero attached hydrogens (tertiary/aromatic N) is 5. The summed E-state index contributed by atoms with van der Waals surface area (Å²) in [5, 5.41) is 2.08. The van der Waals surface area contributed by atoms with Crippen molar-refractivity contribution < 1.29 is 4.74 Å². The van der Waals surface area contributed by atoms with Crippen molar-refractivity contribution in [1.82, 2.24) is 14.5 Å². The van der Waals surface area contributed by atoms with Gasteiger partial charge in [0.25, 0.3) is 0 Å². The summed E-state index contributed by atoms with van der Waals surface area (Å²) in [5.74, 6) is 2.28. The molecule has 0 aliphatic carbocycles. The van der Waals surface area contributed by atoms with Gasteiger partial charge in [-0.3, -0.25) is 0 Å². The highest BCUT2D eigenvalue weighted by atomic mass is 16.5. The fraction of sp³-hybridized carbons (Fsp3) is 0.188. The summed E-state index contributed by atoms with van der Waals surface area (Å²) in [6.45, 7) is 15.2. The van der Waals surface area contributed by atoms with Crippen LogP contribution in [-0.2, 0) is 5.41 Å². The number of fused-ring (bicyclic) bond motifs is 3. The van der Waals surface area contributed by atoms with Crippen LogP contribution >= 0.6 is 0 Å². The van der Waals surface area contributed by atoms with E-state index in [0.717, 1.165) is 51.5 Å². The van der Waals surface area contributed by atoms with Crippen molar-refractivity contribution in [2.24, 2.45) is 0 Å². The Hall–Kier alpha value is -4.76. The molecule has 6 heteroatoms. The third kappa shape index (κ3) is 4.12. The van der Waals surface area contributed by atoms with Gasteiger partial charge < -0.3 is 19.1 Å². The molecule has 3 heterocycles. The van der Waals surface area contributed by atoms with E-state index in [0.29, 0.717) is 5.69 Å². The number of hydrogen-bond acceptors (Lipinski definition) is 4. The van der Waals surface area contributed by atoms with E-state index in [1.54, 1.807) is 0 Å². The number of pyridine rings is 1. The zero-order chi connectivity index (χ0) is 26.4. The van der Waals surface area contributed by atoms with Gasteiger partial charge in [-0.15, -0.1) is 0 Å². The molecule has 2 aromatic heterocycles. The van der Waals surface area contributed by atoms with Crippen LogP contribution in [0, 0.1) is 6.57 Å². The maximum atomic E-state index is 7.85. The summed E-state index contributed by atoms with van der Waals surface area (Å²) >= 11 is 0. The maximum absolute atomic E-state index is 7.85. The van der Waals surface area contributed by atoms with E-state index in [1.807, 2.05) is 42.6 Å². The van der Waals surface area contributed by atoms with Crippen LogP contribution in [0.25, 0.3) is 32.5 Å². The Bertz CT molecular complexity index is 1750. The van der Waals surface area contributed by atoms with Crippen molar-refractivity contribution in [2.45, 2.75) is 26.2 Å². The average Bonchev–Trinajstić information content (AvgIpc) is 3.49. The van der Waals surface area contributed by atoms with Gasteiger partial charge in [-0.2, -0.15) is 0 Å². The Balaban J connectivity index is 1.49. The molecule has 0 N–H and O–H groups in total. The second kappa shape index (κ2) is 8.97. The van der Waals surface area contributed by atoms with E-state index >= 15 is 0 Å². The lowest BCUT2D eigenvalue weighted by molar-refractivity contribution is 0.481. The fourth-order valence-electron chi connectivity index (χ4n) is 4.99. The molecule has 38 heavy (non-hydrogen) atoms. The molecule has 1 aliphatic heterocycles. The molecule has 0 saturated carbocycles. The van der Waals surface area contributed by atoms with Crippen molar-refractivity contribution in [3.05, 3.63) is 108 Å². The van der Waals surface area contributed by atoms with Crippen molar-refractivity contribution in [3.8, 4) is 17.3 Å². The lowest BCUT2D eigenvalue weighted by Gasteiger charge is -2.20. The third-order valence-electron chi connectivity index (χ3n) is 6.96. The number of rotatable bonds is 4. The van der Waals surface area contributed by atoms with Crippen LogP contribution < -0.4 is 9.64 Å². The van der Waals surface area contributed by atoms with E-state index in [4.69, 9.17) is 16.3 Å². The monoisotopic (exact) mass is 499 g/mol. The summed E-state index contributed by atoms with van der Waals surface area (Å²) in [6.07, 6.45) is 5.97. The number of aromatic nitrogens is 2. The molecule has 0 radical (unpaired) electrons. The quantitative estimate of drug-likeness (QED) is 0.235. The minimum atomic E-state index is -0.0301. The van der Waals surface area contributed by atoms with Crippen LogP contribution in [0.5, 0.6) is 11.5 Å². The summed E-state index contributed by atoms with van der Waals surface area (Å²) in [7, 11) is 2.05. The minimum Gasteiger partial charge on any atom is -0.457 e. The normalized spacial score (nSPS) is 13.4. The standard InChI is InChI=1S/C32H29N5O/c1-32(2,3)22-14-15-34-30(18-22)37-29-20-25(12-13-26(29)27-10-7-11-28(33-4)31(27)37)38-24-9-6-8-23(19-24)36-17-16-35(5)21-36/h6-20H,21H2,1-3,5H3. The third-order valence-corrected chi connectivity index (χ3v) is 6.96. The van der Waals surface area contributed by atoms with Gasteiger partial charge in [-0.05, 0) is 52.8 Å². The van der Waals surface area contributed by atoms with Crippen LogP contribution in [0.1, 0.15) is 26.3 Å². The zero-order valence-electron chi connectivity index (χ0n) is 22.0. The van der Waals surface area contributed by atoms with E-state index < -0.39 is 0 Å². The van der Waals surface area contributed by atoms with E-state index in [1.165, 1.54) is 5.56 Å². The molecule has 0 amide bonds. The first-order valence-corrected chi connectivity index (χ1v) is 12.7. The molecule has 0 spiro atoms. The molecule has 6 nitrogen and oxygen atoms in total. The Morgan fingerprint density at radius 1 is 0.895 bits per heavy atom. The molecular formula is C32H29N5O. The molecule has 0 bridgehead atoms. The number of para-hydroxylation sites is 1. The molecule has 1 aliphatic rings. The molecule has 188 valence electrons. The molecule has 5 aromatic rings. The Labute approximate surface area is 222 Å². The summed E-state index contributed by atoms with van der Waals surface area (Å²) in [5.41, 5.74) is 4.64. The highest BCUT2D eigenvalue weighted by Gasteiger charge is 2.20. The van der Waals surface area contributed by atoms with Gasteiger partial charge in [0.15, 0.2) is 0 Å². The molecule has 0 atom stereocenters. The van der Waals surface area contributed by atoms with Gasteiger partial charge in [-0.1, -0.05) is 45.0 Å². The van der Waals surface area contributed by atoms with Crippen LogP contribution in [0.2, 0.25) is 0 Å². The molecule has 6 rings (SSSR count). The van der Waals surface area contributed by atoms with E-state index in [-0.39, 0.29) is 5.41 Å². The number of benzene rings is 3.